The fraction of sp³-hybridized carbons (Fsp3) is 0.364. The number of hydrogen-bond acceptors (Lipinski definition) is 2. The molecule has 0 N–H and O–H groups in total. The topological polar surface area (TPSA) is 21.6 Å². The van der Waals surface area contributed by atoms with Crippen molar-refractivity contribution in [3.63, 3.8) is 0 Å². The van der Waals surface area contributed by atoms with Crippen molar-refractivity contribution in [3.8, 4) is 0 Å². The van der Waals surface area contributed by atoms with Gasteiger partial charge >= 0.3 is 18.9 Å². The van der Waals surface area contributed by atoms with Gasteiger partial charge < -0.3 is 4.74 Å². The van der Waals surface area contributed by atoms with Gasteiger partial charge in [-0.25, -0.2) is 0 Å². The van der Waals surface area contributed by atoms with E-state index < -0.39 is 0 Å². The molecule has 3 heteroatoms. The molecule has 14 heavy (non-hydrogen) atoms. The molecule has 1 heterocycles. The van der Waals surface area contributed by atoms with Gasteiger partial charge in [0.2, 0.25) is 0 Å². The van der Waals surface area contributed by atoms with E-state index in [9.17, 15) is 0 Å². The van der Waals surface area contributed by atoms with Crippen molar-refractivity contribution in [3.05, 3.63) is 35.9 Å². The first-order chi connectivity index (χ1) is 6.17. The maximum Gasteiger partial charge on any atom is 1.00 e. The molecule has 0 spiro atoms. The van der Waals surface area contributed by atoms with Gasteiger partial charge in [0.15, 0.2) is 5.90 Å². The first kappa shape index (κ1) is 11.4. The maximum absolute atomic E-state index is 5.48. The van der Waals surface area contributed by atoms with E-state index in [0.717, 1.165) is 11.5 Å². The molecule has 1 aromatic carbocycles. The molecule has 0 unspecified atom stereocenters. The van der Waals surface area contributed by atoms with Crippen LogP contribution in [0.15, 0.2) is 29.3 Å². The van der Waals surface area contributed by atoms with Crippen LogP contribution in [0.25, 0.3) is 0 Å². The van der Waals surface area contributed by atoms with Crippen LogP contribution >= 0.6 is 0 Å². The Morgan fingerprint density at radius 3 is 2.86 bits per heavy atom. The van der Waals surface area contributed by atoms with Gasteiger partial charge in [-0.1, -0.05) is 5.56 Å². The number of benzene rings is 1. The monoisotopic (exact) mass is 183 g/mol. The second-order valence-corrected chi connectivity index (χ2v) is 3.81. The van der Waals surface area contributed by atoms with Crippen LogP contribution in [0.4, 0.5) is 0 Å². The van der Waals surface area contributed by atoms with Gasteiger partial charge in [-0.05, 0) is 13.8 Å². The van der Waals surface area contributed by atoms with Crippen molar-refractivity contribution < 1.29 is 23.6 Å². The van der Waals surface area contributed by atoms with Crippen molar-refractivity contribution in [2.45, 2.75) is 19.4 Å². The summed E-state index contributed by atoms with van der Waals surface area (Å²) < 4.78 is 5.48. The van der Waals surface area contributed by atoms with Crippen LogP contribution in [0.1, 0.15) is 19.4 Å². The molecule has 1 aliphatic rings. The van der Waals surface area contributed by atoms with E-state index in [2.05, 4.69) is 24.9 Å². The summed E-state index contributed by atoms with van der Waals surface area (Å²) in [7, 11) is 0. The quantitative estimate of drug-likeness (QED) is 0.406. The van der Waals surface area contributed by atoms with Crippen LogP contribution in [-0.2, 0) is 4.74 Å². The van der Waals surface area contributed by atoms with Crippen molar-refractivity contribution in [2.24, 2.45) is 4.99 Å². The zero-order valence-electron chi connectivity index (χ0n) is 8.87. The smallest absolute Gasteiger partial charge is 0.485 e. The van der Waals surface area contributed by atoms with Crippen molar-refractivity contribution >= 4 is 5.90 Å². The van der Waals surface area contributed by atoms with Gasteiger partial charge in [0.25, 0.3) is 0 Å². The van der Waals surface area contributed by atoms with Gasteiger partial charge in [0.1, 0.15) is 6.61 Å². The summed E-state index contributed by atoms with van der Waals surface area (Å²) in [6.45, 7) is 4.79. The number of ether oxygens (including phenoxy) is 1. The molecular weight excluding hydrogens is 171 g/mol. The number of nitrogens with zero attached hydrogens (tertiary/aromatic N) is 1. The molecule has 2 rings (SSSR count). The van der Waals surface area contributed by atoms with E-state index in [1.807, 2.05) is 24.3 Å². The van der Waals surface area contributed by atoms with E-state index in [1.165, 1.54) is 0 Å². The minimum absolute atomic E-state index is 0. The van der Waals surface area contributed by atoms with Gasteiger partial charge in [-0.15, -0.1) is 0 Å². The molecular formula is C11H12LiNO. The Balaban J connectivity index is 0.000000980. The fourth-order valence-electron chi connectivity index (χ4n) is 1.26. The largest absolute Gasteiger partial charge is 1.00 e. The summed E-state index contributed by atoms with van der Waals surface area (Å²) in [5.74, 6) is 0.738. The SMILES string of the molecule is CC1(C)CO[14C](c2c[c-]ccc2)=N1.[Li+]. The molecule has 0 saturated carbocycles. The molecule has 0 bridgehead atoms. The Morgan fingerprint density at radius 1 is 1.57 bits per heavy atom. The zero-order valence-corrected chi connectivity index (χ0v) is 8.87. The van der Waals surface area contributed by atoms with Gasteiger partial charge in [0.05, 0.1) is 5.54 Å². The van der Waals surface area contributed by atoms with Crippen LogP contribution in [0.2, 0.25) is 0 Å². The Hall–Kier alpha value is -0.713. The third-order valence-corrected chi connectivity index (χ3v) is 1.92. The molecule has 68 valence electrons. The van der Waals surface area contributed by atoms with E-state index >= 15 is 0 Å². The second kappa shape index (κ2) is 4.21. The van der Waals surface area contributed by atoms with Crippen LogP contribution in [-0.4, -0.2) is 18.0 Å². The molecule has 2 nitrogen and oxygen atoms in total. The van der Waals surface area contributed by atoms with Crippen molar-refractivity contribution in [1.82, 2.24) is 0 Å². The first-order valence-corrected chi connectivity index (χ1v) is 4.36. The van der Waals surface area contributed by atoms with Gasteiger partial charge in [-0.3, -0.25) is 4.99 Å². The Labute approximate surface area is 96.6 Å². The van der Waals surface area contributed by atoms with E-state index in [-0.39, 0.29) is 24.4 Å². The third-order valence-electron chi connectivity index (χ3n) is 1.92. The van der Waals surface area contributed by atoms with Gasteiger partial charge in [0, 0.05) is 0 Å². The summed E-state index contributed by atoms with van der Waals surface area (Å²) in [6.07, 6.45) is 0. The first-order valence-electron chi connectivity index (χ1n) is 4.36. The summed E-state index contributed by atoms with van der Waals surface area (Å²) >= 11 is 0. The summed E-state index contributed by atoms with van der Waals surface area (Å²) in [6, 6.07) is 10.7. The second-order valence-electron chi connectivity index (χ2n) is 3.81. The Morgan fingerprint density at radius 2 is 2.36 bits per heavy atom. The molecule has 0 radical (unpaired) electrons. The average Bonchev–Trinajstić information content (AvgIpc) is 2.48. The Bertz CT molecular complexity index is 332. The maximum atomic E-state index is 5.48. The number of hydrogen-bond donors (Lipinski definition) is 0. The van der Waals surface area contributed by atoms with E-state index in [4.69, 9.17) is 4.74 Å². The molecule has 0 aromatic heterocycles. The minimum Gasteiger partial charge on any atom is -0.485 e. The van der Waals surface area contributed by atoms with Crippen molar-refractivity contribution in [1.29, 1.82) is 0 Å². The molecule has 0 atom stereocenters. The molecule has 0 aliphatic carbocycles. The normalized spacial score (nSPS) is 18.0. The average molecular weight is 183 g/mol. The van der Waals surface area contributed by atoms with E-state index in [0.29, 0.717) is 6.61 Å². The van der Waals surface area contributed by atoms with Crippen LogP contribution in [0.3, 0.4) is 0 Å². The Kier molecular flexibility index (Phi) is 3.42. The van der Waals surface area contributed by atoms with Gasteiger partial charge in [-0.2, -0.15) is 30.3 Å². The van der Waals surface area contributed by atoms with Crippen LogP contribution < -0.4 is 18.9 Å². The molecule has 0 saturated heterocycles. The predicted molar refractivity (Wildman–Crippen MR) is 51.8 cm³/mol. The molecule has 0 amide bonds. The van der Waals surface area contributed by atoms with Crippen LogP contribution in [0.5, 0.6) is 0 Å². The summed E-state index contributed by atoms with van der Waals surface area (Å²) in [4.78, 5) is 4.47. The van der Waals surface area contributed by atoms with Crippen LogP contribution in [0, 0.1) is 6.07 Å². The summed E-state index contributed by atoms with van der Waals surface area (Å²) in [5, 5.41) is 0. The predicted octanol–water partition coefficient (Wildman–Crippen LogP) is -0.954. The number of rotatable bonds is 1. The number of aliphatic imine (C=N–C) groups is 1. The van der Waals surface area contributed by atoms with Crippen molar-refractivity contribution in [2.75, 3.05) is 6.61 Å². The molecule has 1 aliphatic heterocycles. The van der Waals surface area contributed by atoms with E-state index in [1.54, 1.807) is 0 Å². The molecule has 1 aromatic rings. The third kappa shape index (κ3) is 2.40. The molecule has 0 fully saturated rings. The zero-order chi connectivity index (χ0) is 9.31. The standard InChI is InChI=1S/C11H12NO.Li/c1-11(2)8-13-10(12-11)9-6-4-3-5-7-9;/h3-4,6-7H,8H2,1-2H3;/q-1;+1/i10+2;. The minimum atomic E-state index is -0.0782. The summed E-state index contributed by atoms with van der Waals surface area (Å²) in [5.41, 5.74) is 0.929. The fourth-order valence-corrected chi connectivity index (χ4v) is 1.26.